The van der Waals surface area contributed by atoms with Crippen molar-refractivity contribution in [3.05, 3.63) is 29.8 Å². The summed E-state index contributed by atoms with van der Waals surface area (Å²) < 4.78 is 39.6. The van der Waals surface area contributed by atoms with E-state index in [0.717, 1.165) is 18.4 Å². The SMILES string of the molecule is CCCC(=O)CCCc1ccc(OC(F)(F)F)cc1. The first kappa shape index (κ1) is 15.5. The van der Waals surface area contributed by atoms with Crippen molar-refractivity contribution in [2.45, 2.75) is 45.4 Å². The lowest BCUT2D eigenvalue weighted by atomic mass is 10.0. The van der Waals surface area contributed by atoms with E-state index in [1.54, 1.807) is 12.1 Å². The van der Waals surface area contributed by atoms with Gasteiger partial charge in [0.1, 0.15) is 11.5 Å². The fourth-order valence-corrected chi connectivity index (χ4v) is 1.75. The third kappa shape index (κ3) is 6.84. The van der Waals surface area contributed by atoms with Gasteiger partial charge in [-0.1, -0.05) is 19.1 Å². The molecule has 0 unspecified atom stereocenters. The number of halogens is 3. The molecule has 2 nitrogen and oxygen atoms in total. The number of aryl methyl sites for hydroxylation is 1. The van der Waals surface area contributed by atoms with Gasteiger partial charge in [0.2, 0.25) is 0 Å². The molecule has 0 radical (unpaired) electrons. The molecule has 0 aromatic heterocycles. The minimum atomic E-state index is -4.66. The Balaban J connectivity index is 2.38. The average Bonchev–Trinajstić information content (AvgIpc) is 2.30. The van der Waals surface area contributed by atoms with Crippen molar-refractivity contribution in [3.8, 4) is 5.75 Å². The Kier molecular flexibility index (Phi) is 5.86. The van der Waals surface area contributed by atoms with E-state index in [1.165, 1.54) is 12.1 Å². The van der Waals surface area contributed by atoms with Crippen LogP contribution in [0.5, 0.6) is 5.75 Å². The van der Waals surface area contributed by atoms with E-state index >= 15 is 0 Å². The summed E-state index contributed by atoms with van der Waals surface area (Å²) in [7, 11) is 0. The zero-order valence-corrected chi connectivity index (χ0v) is 10.8. The predicted molar refractivity (Wildman–Crippen MR) is 66.0 cm³/mol. The Morgan fingerprint density at radius 2 is 1.79 bits per heavy atom. The summed E-state index contributed by atoms with van der Waals surface area (Å²) in [6.07, 6.45) is -1.29. The molecule has 0 saturated carbocycles. The number of Topliss-reactive ketones (excluding diaryl/α,β-unsaturated/α-hetero) is 1. The molecule has 5 heteroatoms. The molecule has 0 amide bonds. The zero-order chi connectivity index (χ0) is 14.3. The predicted octanol–water partition coefficient (Wildman–Crippen LogP) is 4.28. The summed E-state index contributed by atoms with van der Waals surface area (Å²) >= 11 is 0. The number of hydrogen-bond acceptors (Lipinski definition) is 2. The van der Waals surface area contributed by atoms with E-state index in [0.29, 0.717) is 19.3 Å². The topological polar surface area (TPSA) is 26.3 Å². The van der Waals surface area contributed by atoms with Gasteiger partial charge in [-0.25, -0.2) is 0 Å². The van der Waals surface area contributed by atoms with Gasteiger partial charge >= 0.3 is 6.36 Å². The summed E-state index contributed by atoms with van der Waals surface area (Å²) in [5, 5.41) is 0. The summed E-state index contributed by atoms with van der Waals surface area (Å²) in [4.78, 5) is 11.3. The Labute approximate surface area is 110 Å². The lowest BCUT2D eigenvalue weighted by molar-refractivity contribution is -0.274. The van der Waals surface area contributed by atoms with Crippen LogP contribution in [0, 0.1) is 0 Å². The first-order chi connectivity index (χ1) is 8.90. The van der Waals surface area contributed by atoms with Gasteiger partial charge in [-0.15, -0.1) is 13.2 Å². The van der Waals surface area contributed by atoms with Crippen LogP contribution in [0.4, 0.5) is 13.2 Å². The molecule has 106 valence electrons. The number of ether oxygens (including phenoxy) is 1. The van der Waals surface area contributed by atoms with Crippen LogP contribution in [0.15, 0.2) is 24.3 Å². The van der Waals surface area contributed by atoms with Crippen LogP contribution in [0.3, 0.4) is 0 Å². The molecule has 0 heterocycles. The first-order valence-electron chi connectivity index (χ1n) is 6.27. The van der Waals surface area contributed by atoms with Gasteiger partial charge in [-0.2, -0.15) is 0 Å². The minimum Gasteiger partial charge on any atom is -0.406 e. The molecule has 1 aromatic carbocycles. The lowest BCUT2D eigenvalue weighted by Crippen LogP contribution is -2.17. The maximum atomic E-state index is 11.9. The van der Waals surface area contributed by atoms with Gasteiger partial charge < -0.3 is 4.74 Å². The van der Waals surface area contributed by atoms with Crippen molar-refractivity contribution in [2.24, 2.45) is 0 Å². The second-order valence-electron chi connectivity index (χ2n) is 4.33. The van der Waals surface area contributed by atoms with Crippen molar-refractivity contribution >= 4 is 5.78 Å². The van der Waals surface area contributed by atoms with Gasteiger partial charge in [0, 0.05) is 12.8 Å². The Morgan fingerprint density at radius 1 is 1.16 bits per heavy atom. The Bertz CT molecular complexity index is 396. The second kappa shape index (κ2) is 7.16. The summed E-state index contributed by atoms with van der Waals surface area (Å²) in [5.74, 6) is 0.0119. The second-order valence-corrected chi connectivity index (χ2v) is 4.33. The van der Waals surface area contributed by atoms with Crippen LogP contribution in [-0.2, 0) is 11.2 Å². The Morgan fingerprint density at radius 3 is 2.32 bits per heavy atom. The number of alkyl halides is 3. The molecule has 0 fully saturated rings. The molecule has 0 aliphatic carbocycles. The van der Waals surface area contributed by atoms with Crippen molar-refractivity contribution < 1.29 is 22.7 Å². The molecule has 0 N–H and O–H groups in total. The third-order valence-corrected chi connectivity index (χ3v) is 2.61. The van der Waals surface area contributed by atoms with E-state index in [2.05, 4.69) is 4.74 Å². The lowest BCUT2D eigenvalue weighted by Gasteiger charge is -2.09. The van der Waals surface area contributed by atoms with Crippen LogP contribution < -0.4 is 4.74 Å². The van der Waals surface area contributed by atoms with Crippen molar-refractivity contribution in [1.82, 2.24) is 0 Å². The number of ketones is 1. The molecule has 0 aliphatic heterocycles. The van der Waals surface area contributed by atoms with Gasteiger partial charge in [-0.3, -0.25) is 4.79 Å². The van der Waals surface area contributed by atoms with Crippen LogP contribution in [0.1, 0.15) is 38.2 Å². The van der Waals surface area contributed by atoms with Crippen molar-refractivity contribution in [1.29, 1.82) is 0 Å². The molecule has 0 spiro atoms. The van der Waals surface area contributed by atoms with Gasteiger partial charge in [0.25, 0.3) is 0 Å². The van der Waals surface area contributed by atoms with E-state index in [1.807, 2.05) is 6.92 Å². The first-order valence-corrected chi connectivity index (χ1v) is 6.27. The number of hydrogen-bond donors (Lipinski definition) is 0. The largest absolute Gasteiger partial charge is 0.573 e. The van der Waals surface area contributed by atoms with Crippen LogP contribution in [0.2, 0.25) is 0 Å². The maximum absolute atomic E-state index is 11.9. The highest BCUT2D eigenvalue weighted by molar-refractivity contribution is 5.78. The highest BCUT2D eigenvalue weighted by Gasteiger charge is 2.30. The van der Waals surface area contributed by atoms with E-state index in [4.69, 9.17) is 0 Å². The van der Waals surface area contributed by atoms with Gasteiger partial charge in [0.05, 0.1) is 0 Å². The molecule has 1 aromatic rings. The fourth-order valence-electron chi connectivity index (χ4n) is 1.75. The summed E-state index contributed by atoms with van der Waals surface area (Å²) in [6.45, 7) is 1.96. The Hall–Kier alpha value is -1.52. The smallest absolute Gasteiger partial charge is 0.406 e. The minimum absolute atomic E-state index is 0.224. The molecule has 0 saturated heterocycles. The van der Waals surface area contributed by atoms with Gasteiger partial charge in [0.15, 0.2) is 0 Å². The molecule has 0 bridgehead atoms. The zero-order valence-electron chi connectivity index (χ0n) is 10.8. The summed E-state index contributed by atoms with van der Waals surface area (Å²) in [5.41, 5.74) is 0.902. The maximum Gasteiger partial charge on any atom is 0.573 e. The summed E-state index contributed by atoms with van der Waals surface area (Å²) in [6, 6.07) is 5.75. The molecular formula is C14H17F3O2. The van der Waals surface area contributed by atoms with E-state index < -0.39 is 6.36 Å². The number of rotatable bonds is 7. The number of benzene rings is 1. The molecule has 0 atom stereocenters. The fraction of sp³-hybridized carbons (Fsp3) is 0.500. The molecule has 19 heavy (non-hydrogen) atoms. The average molecular weight is 274 g/mol. The van der Waals surface area contributed by atoms with Crippen molar-refractivity contribution in [2.75, 3.05) is 0 Å². The normalized spacial score (nSPS) is 11.4. The van der Waals surface area contributed by atoms with Gasteiger partial charge in [-0.05, 0) is 37.0 Å². The monoisotopic (exact) mass is 274 g/mol. The van der Waals surface area contributed by atoms with Crippen molar-refractivity contribution in [3.63, 3.8) is 0 Å². The van der Waals surface area contributed by atoms with E-state index in [-0.39, 0.29) is 11.5 Å². The highest BCUT2D eigenvalue weighted by atomic mass is 19.4. The third-order valence-electron chi connectivity index (χ3n) is 2.61. The molecule has 0 aliphatic rings. The van der Waals surface area contributed by atoms with E-state index in [9.17, 15) is 18.0 Å². The van der Waals surface area contributed by atoms with Crippen LogP contribution >= 0.6 is 0 Å². The highest BCUT2D eigenvalue weighted by Crippen LogP contribution is 2.23. The molecule has 1 rings (SSSR count). The standard InChI is InChI=1S/C14H17F3O2/c1-2-4-12(18)6-3-5-11-7-9-13(10-8-11)19-14(15,16)17/h7-10H,2-6H2,1H3. The number of carbonyl (C=O) groups is 1. The number of carbonyl (C=O) groups excluding carboxylic acids is 1. The van der Waals surface area contributed by atoms with Crippen LogP contribution in [0.25, 0.3) is 0 Å². The molecular weight excluding hydrogens is 257 g/mol. The van der Waals surface area contributed by atoms with Crippen LogP contribution in [-0.4, -0.2) is 12.1 Å². The quantitative estimate of drug-likeness (QED) is 0.742.